The van der Waals surface area contributed by atoms with Gasteiger partial charge >= 0.3 is 0 Å². The molecule has 0 spiro atoms. The first-order valence-corrected chi connectivity index (χ1v) is 7.82. The molecule has 0 bridgehead atoms. The SMILES string of the molecule is CCNc1nc(NCC(C)CCO)nc(N2CCCC2)n1. The van der Waals surface area contributed by atoms with Crippen molar-refractivity contribution < 1.29 is 5.11 Å². The van der Waals surface area contributed by atoms with Crippen LogP contribution < -0.4 is 15.5 Å². The molecule has 0 aliphatic carbocycles. The topological polar surface area (TPSA) is 86.2 Å². The quantitative estimate of drug-likeness (QED) is 0.667. The molecule has 7 nitrogen and oxygen atoms in total. The number of nitrogens with one attached hydrogen (secondary N) is 2. The highest BCUT2D eigenvalue weighted by atomic mass is 16.3. The number of aromatic nitrogens is 3. The monoisotopic (exact) mass is 294 g/mol. The summed E-state index contributed by atoms with van der Waals surface area (Å²) in [6.07, 6.45) is 3.16. The lowest BCUT2D eigenvalue weighted by Gasteiger charge is -2.18. The minimum absolute atomic E-state index is 0.210. The Labute approximate surface area is 126 Å². The van der Waals surface area contributed by atoms with Gasteiger partial charge < -0.3 is 20.6 Å². The third kappa shape index (κ3) is 4.70. The lowest BCUT2D eigenvalue weighted by Crippen LogP contribution is -2.23. The summed E-state index contributed by atoms with van der Waals surface area (Å²) < 4.78 is 0. The number of hydrogen-bond donors (Lipinski definition) is 3. The second-order valence-electron chi connectivity index (χ2n) is 5.51. The molecule has 0 saturated carbocycles. The smallest absolute Gasteiger partial charge is 0.231 e. The fraction of sp³-hybridized carbons (Fsp3) is 0.786. The van der Waals surface area contributed by atoms with E-state index in [4.69, 9.17) is 5.11 Å². The zero-order chi connectivity index (χ0) is 15.1. The van der Waals surface area contributed by atoms with Crippen molar-refractivity contribution >= 4 is 17.8 Å². The molecule has 1 saturated heterocycles. The molecule has 21 heavy (non-hydrogen) atoms. The van der Waals surface area contributed by atoms with Crippen molar-refractivity contribution in [2.24, 2.45) is 5.92 Å². The molecule has 1 atom stereocenters. The third-order valence-electron chi connectivity index (χ3n) is 3.58. The molecule has 118 valence electrons. The molecule has 1 aliphatic rings. The van der Waals surface area contributed by atoms with Gasteiger partial charge in [0.1, 0.15) is 0 Å². The molecule has 0 radical (unpaired) electrons. The molecular formula is C14H26N6O. The fourth-order valence-corrected chi connectivity index (χ4v) is 2.33. The second kappa shape index (κ2) is 7.97. The van der Waals surface area contributed by atoms with E-state index >= 15 is 0 Å². The summed E-state index contributed by atoms with van der Waals surface area (Å²) in [5, 5.41) is 15.4. The first-order chi connectivity index (χ1) is 10.2. The summed E-state index contributed by atoms with van der Waals surface area (Å²) in [6.45, 7) is 7.87. The van der Waals surface area contributed by atoms with Crippen LogP contribution in [0.25, 0.3) is 0 Å². The van der Waals surface area contributed by atoms with Gasteiger partial charge in [-0.3, -0.25) is 0 Å². The largest absolute Gasteiger partial charge is 0.396 e. The Kier molecular flexibility index (Phi) is 5.98. The number of anilines is 3. The van der Waals surface area contributed by atoms with Crippen LogP contribution in [0, 0.1) is 5.92 Å². The molecule has 0 aromatic carbocycles. The Hall–Kier alpha value is -1.63. The van der Waals surface area contributed by atoms with E-state index in [0.717, 1.165) is 38.5 Å². The van der Waals surface area contributed by atoms with E-state index < -0.39 is 0 Å². The van der Waals surface area contributed by atoms with Gasteiger partial charge in [-0.15, -0.1) is 0 Å². The Balaban J connectivity index is 2.07. The molecular weight excluding hydrogens is 268 g/mol. The summed E-state index contributed by atoms with van der Waals surface area (Å²) in [6, 6.07) is 0. The minimum atomic E-state index is 0.210. The molecule has 1 aromatic heterocycles. The van der Waals surface area contributed by atoms with Gasteiger partial charge in [-0.25, -0.2) is 0 Å². The molecule has 2 rings (SSSR count). The van der Waals surface area contributed by atoms with Crippen LogP contribution in [0.5, 0.6) is 0 Å². The van der Waals surface area contributed by atoms with Gasteiger partial charge in [-0.05, 0) is 32.1 Å². The van der Waals surface area contributed by atoms with Gasteiger partial charge in [0, 0.05) is 32.8 Å². The van der Waals surface area contributed by atoms with E-state index in [1.165, 1.54) is 12.8 Å². The van der Waals surface area contributed by atoms with Crippen molar-refractivity contribution in [2.75, 3.05) is 48.3 Å². The minimum Gasteiger partial charge on any atom is -0.396 e. The van der Waals surface area contributed by atoms with E-state index in [2.05, 4.69) is 37.4 Å². The van der Waals surface area contributed by atoms with Crippen LogP contribution >= 0.6 is 0 Å². The van der Waals surface area contributed by atoms with Crippen molar-refractivity contribution in [3.8, 4) is 0 Å². The van der Waals surface area contributed by atoms with Crippen molar-refractivity contribution in [1.29, 1.82) is 0 Å². The van der Waals surface area contributed by atoms with Crippen LogP contribution in [0.4, 0.5) is 17.8 Å². The maximum Gasteiger partial charge on any atom is 0.231 e. The van der Waals surface area contributed by atoms with Crippen LogP contribution in [-0.2, 0) is 0 Å². The Morgan fingerprint density at radius 2 is 1.81 bits per heavy atom. The normalized spacial score (nSPS) is 16.0. The van der Waals surface area contributed by atoms with Crippen LogP contribution in [0.2, 0.25) is 0 Å². The molecule has 7 heteroatoms. The van der Waals surface area contributed by atoms with E-state index in [-0.39, 0.29) is 6.61 Å². The standard InChI is InChI=1S/C14H26N6O/c1-3-15-12-17-13(16-10-11(2)6-9-21)19-14(18-12)20-7-4-5-8-20/h11,21H,3-10H2,1-2H3,(H2,15,16,17,18,19). The van der Waals surface area contributed by atoms with Crippen molar-refractivity contribution in [2.45, 2.75) is 33.1 Å². The lowest BCUT2D eigenvalue weighted by atomic mass is 10.1. The van der Waals surface area contributed by atoms with Crippen LogP contribution in [0.15, 0.2) is 0 Å². The zero-order valence-electron chi connectivity index (χ0n) is 13.0. The van der Waals surface area contributed by atoms with Gasteiger partial charge in [-0.1, -0.05) is 6.92 Å². The maximum absolute atomic E-state index is 8.95. The average Bonchev–Trinajstić information content (AvgIpc) is 3.00. The molecule has 1 aliphatic heterocycles. The van der Waals surface area contributed by atoms with Gasteiger partial charge in [0.2, 0.25) is 17.8 Å². The van der Waals surface area contributed by atoms with Crippen molar-refractivity contribution in [3.05, 3.63) is 0 Å². The number of hydrogen-bond acceptors (Lipinski definition) is 7. The highest BCUT2D eigenvalue weighted by molar-refractivity contribution is 5.44. The Bertz CT molecular complexity index is 435. The molecule has 2 heterocycles. The summed E-state index contributed by atoms with van der Waals surface area (Å²) in [5.74, 6) is 2.35. The van der Waals surface area contributed by atoms with E-state index in [0.29, 0.717) is 17.8 Å². The van der Waals surface area contributed by atoms with Gasteiger partial charge in [0.25, 0.3) is 0 Å². The highest BCUT2D eigenvalue weighted by Gasteiger charge is 2.17. The molecule has 3 N–H and O–H groups in total. The number of aliphatic hydroxyl groups is 1. The molecule has 1 aromatic rings. The third-order valence-corrected chi connectivity index (χ3v) is 3.58. The Morgan fingerprint density at radius 1 is 1.14 bits per heavy atom. The second-order valence-corrected chi connectivity index (χ2v) is 5.51. The summed E-state index contributed by atoms with van der Waals surface area (Å²) in [5.41, 5.74) is 0. The van der Waals surface area contributed by atoms with Gasteiger partial charge in [0.15, 0.2) is 0 Å². The summed E-state index contributed by atoms with van der Waals surface area (Å²) in [4.78, 5) is 15.6. The Morgan fingerprint density at radius 3 is 2.43 bits per heavy atom. The predicted molar refractivity (Wildman–Crippen MR) is 84.8 cm³/mol. The van der Waals surface area contributed by atoms with Crippen LogP contribution in [-0.4, -0.2) is 52.8 Å². The van der Waals surface area contributed by atoms with E-state index in [1.807, 2.05) is 6.92 Å². The number of nitrogens with zero attached hydrogens (tertiary/aromatic N) is 4. The van der Waals surface area contributed by atoms with Gasteiger partial charge in [0.05, 0.1) is 0 Å². The lowest BCUT2D eigenvalue weighted by molar-refractivity contribution is 0.265. The molecule has 1 unspecified atom stereocenters. The summed E-state index contributed by atoms with van der Waals surface area (Å²) >= 11 is 0. The zero-order valence-corrected chi connectivity index (χ0v) is 13.0. The molecule has 1 fully saturated rings. The average molecular weight is 294 g/mol. The first kappa shape index (κ1) is 15.8. The van der Waals surface area contributed by atoms with Crippen LogP contribution in [0.3, 0.4) is 0 Å². The first-order valence-electron chi connectivity index (χ1n) is 7.82. The van der Waals surface area contributed by atoms with E-state index in [9.17, 15) is 0 Å². The fourth-order valence-electron chi connectivity index (χ4n) is 2.33. The number of rotatable bonds is 8. The van der Waals surface area contributed by atoms with E-state index in [1.54, 1.807) is 0 Å². The van der Waals surface area contributed by atoms with Crippen molar-refractivity contribution in [3.63, 3.8) is 0 Å². The maximum atomic E-state index is 8.95. The van der Waals surface area contributed by atoms with Crippen molar-refractivity contribution in [1.82, 2.24) is 15.0 Å². The number of aliphatic hydroxyl groups excluding tert-OH is 1. The summed E-state index contributed by atoms with van der Waals surface area (Å²) in [7, 11) is 0. The molecule has 0 amide bonds. The highest BCUT2D eigenvalue weighted by Crippen LogP contribution is 2.18. The predicted octanol–water partition coefficient (Wildman–Crippen LogP) is 1.33. The van der Waals surface area contributed by atoms with Crippen LogP contribution in [0.1, 0.15) is 33.1 Å². The van der Waals surface area contributed by atoms with Gasteiger partial charge in [-0.2, -0.15) is 15.0 Å².